The zero-order valence-electron chi connectivity index (χ0n) is 10.2. The Morgan fingerprint density at radius 3 is 2.24 bits per heavy atom. The van der Waals surface area contributed by atoms with Crippen LogP contribution in [0.25, 0.3) is 10.8 Å². The van der Waals surface area contributed by atoms with Crippen molar-refractivity contribution < 1.29 is 4.92 Å². The molecule has 2 aromatic carbocycles. The predicted molar refractivity (Wildman–Crippen MR) is 71.1 cm³/mol. The summed E-state index contributed by atoms with van der Waals surface area (Å²) in [4.78, 5) is 10.5. The SMILES string of the molecule is CC.Cc1cc([N+](=O)[O-])c2ccccc2c1N. The normalized spacial score (nSPS) is 9.59. The zero-order chi connectivity index (χ0) is 13.0. The lowest BCUT2D eigenvalue weighted by molar-refractivity contribution is -0.383. The fourth-order valence-corrected chi connectivity index (χ4v) is 1.67. The van der Waals surface area contributed by atoms with Gasteiger partial charge in [0.25, 0.3) is 5.69 Å². The molecule has 0 unspecified atom stereocenters. The van der Waals surface area contributed by atoms with Crippen LogP contribution >= 0.6 is 0 Å². The van der Waals surface area contributed by atoms with Gasteiger partial charge < -0.3 is 5.73 Å². The number of nitro groups is 1. The number of hydrogen-bond donors (Lipinski definition) is 1. The number of benzene rings is 2. The molecule has 0 aromatic heterocycles. The first-order valence-corrected chi connectivity index (χ1v) is 5.53. The van der Waals surface area contributed by atoms with Crippen LogP contribution in [0.4, 0.5) is 11.4 Å². The van der Waals surface area contributed by atoms with Crippen molar-refractivity contribution in [2.75, 3.05) is 5.73 Å². The molecule has 0 spiro atoms. The van der Waals surface area contributed by atoms with Crippen LogP contribution in [-0.2, 0) is 0 Å². The Morgan fingerprint density at radius 1 is 1.18 bits per heavy atom. The lowest BCUT2D eigenvalue weighted by Gasteiger charge is -2.05. The Hall–Kier alpha value is -2.10. The van der Waals surface area contributed by atoms with Gasteiger partial charge in [0.1, 0.15) is 0 Å². The third kappa shape index (κ3) is 2.36. The van der Waals surface area contributed by atoms with Crippen molar-refractivity contribution in [3.63, 3.8) is 0 Å². The van der Waals surface area contributed by atoms with Gasteiger partial charge in [-0.3, -0.25) is 10.1 Å². The summed E-state index contributed by atoms with van der Waals surface area (Å²) in [6.45, 7) is 5.77. The van der Waals surface area contributed by atoms with Crippen molar-refractivity contribution in [3.8, 4) is 0 Å². The van der Waals surface area contributed by atoms with Gasteiger partial charge in [-0.15, -0.1) is 0 Å². The highest BCUT2D eigenvalue weighted by molar-refractivity contribution is 6.00. The topological polar surface area (TPSA) is 69.2 Å². The second-order valence-corrected chi connectivity index (χ2v) is 3.43. The van der Waals surface area contributed by atoms with Crippen LogP contribution in [-0.4, -0.2) is 4.92 Å². The van der Waals surface area contributed by atoms with Crippen molar-refractivity contribution in [1.29, 1.82) is 0 Å². The fourth-order valence-electron chi connectivity index (χ4n) is 1.67. The Labute approximate surface area is 100 Å². The smallest absolute Gasteiger partial charge is 0.277 e. The summed E-state index contributed by atoms with van der Waals surface area (Å²) in [6, 6.07) is 8.61. The molecule has 17 heavy (non-hydrogen) atoms. The number of rotatable bonds is 1. The van der Waals surface area contributed by atoms with Gasteiger partial charge in [-0.25, -0.2) is 0 Å². The monoisotopic (exact) mass is 232 g/mol. The predicted octanol–water partition coefficient (Wildman–Crippen LogP) is 3.66. The highest BCUT2D eigenvalue weighted by atomic mass is 16.6. The van der Waals surface area contributed by atoms with Gasteiger partial charge in [-0.1, -0.05) is 32.0 Å². The van der Waals surface area contributed by atoms with Crippen molar-refractivity contribution in [2.45, 2.75) is 20.8 Å². The Balaban J connectivity index is 0.000000686. The van der Waals surface area contributed by atoms with Crippen molar-refractivity contribution in [2.24, 2.45) is 0 Å². The Bertz CT molecular complexity index is 550. The zero-order valence-corrected chi connectivity index (χ0v) is 10.2. The number of nitrogens with two attached hydrogens (primary N) is 1. The first-order chi connectivity index (χ1) is 8.11. The average Bonchev–Trinajstić information content (AvgIpc) is 2.36. The molecule has 2 N–H and O–H groups in total. The molecule has 2 rings (SSSR count). The van der Waals surface area contributed by atoms with Gasteiger partial charge in [0.05, 0.1) is 10.3 Å². The summed E-state index contributed by atoms with van der Waals surface area (Å²) in [5.41, 5.74) is 7.32. The molecule has 2 aromatic rings. The van der Waals surface area contributed by atoms with E-state index < -0.39 is 0 Å². The molecule has 0 aliphatic carbocycles. The molecule has 90 valence electrons. The van der Waals surface area contributed by atoms with Crippen LogP contribution in [0.15, 0.2) is 30.3 Å². The second kappa shape index (κ2) is 5.30. The highest BCUT2D eigenvalue weighted by Gasteiger charge is 2.14. The molecule has 0 bridgehead atoms. The molecule has 0 saturated carbocycles. The molecule has 0 radical (unpaired) electrons. The van der Waals surface area contributed by atoms with E-state index in [1.165, 1.54) is 6.07 Å². The molecule has 4 nitrogen and oxygen atoms in total. The average molecular weight is 232 g/mol. The lowest BCUT2D eigenvalue weighted by atomic mass is 10.0. The van der Waals surface area contributed by atoms with Gasteiger partial charge in [-0.2, -0.15) is 0 Å². The number of nitro benzene ring substituents is 1. The molecule has 0 fully saturated rings. The second-order valence-electron chi connectivity index (χ2n) is 3.43. The van der Waals surface area contributed by atoms with Crippen molar-refractivity contribution in [3.05, 3.63) is 46.0 Å². The largest absolute Gasteiger partial charge is 0.398 e. The van der Waals surface area contributed by atoms with Gasteiger partial charge in [0.2, 0.25) is 0 Å². The van der Waals surface area contributed by atoms with E-state index in [2.05, 4.69) is 0 Å². The fraction of sp³-hybridized carbons (Fsp3) is 0.231. The van der Waals surface area contributed by atoms with Gasteiger partial charge >= 0.3 is 0 Å². The number of nitrogens with zero attached hydrogens (tertiary/aromatic N) is 1. The summed E-state index contributed by atoms with van der Waals surface area (Å²) in [7, 11) is 0. The number of hydrogen-bond acceptors (Lipinski definition) is 3. The number of aryl methyl sites for hydroxylation is 1. The highest BCUT2D eigenvalue weighted by Crippen LogP contribution is 2.32. The summed E-state index contributed by atoms with van der Waals surface area (Å²) >= 11 is 0. The van der Waals surface area contributed by atoms with E-state index in [0.717, 1.165) is 10.9 Å². The van der Waals surface area contributed by atoms with Gasteiger partial charge in [0.15, 0.2) is 0 Å². The number of fused-ring (bicyclic) bond motifs is 1. The quantitative estimate of drug-likeness (QED) is 0.463. The molecule has 0 atom stereocenters. The van der Waals surface area contributed by atoms with Crippen LogP contribution < -0.4 is 5.73 Å². The standard InChI is InChI=1S/C11H10N2O2.C2H6/c1-7-6-10(13(14)15)8-4-2-3-5-9(8)11(7)12;1-2/h2-6H,12H2,1H3;1-2H3. The molecule has 0 amide bonds. The van der Waals surface area contributed by atoms with E-state index in [0.29, 0.717) is 11.1 Å². The van der Waals surface area contributed by atoms with Crippen LogP contribution in [0, 0.1) is 17.0 Å². The van der Waals surface area contributed by atoms with E-state index in [1.54, 1.807) is 25.1 Å². The molecular formula is C13H16N2O2. The minimum atomic E-state index is -0.380. The Morgan fingerprint density at radius 2 is 1.71 bits per heavy atom. The molecule has 4 heteroatoms. The molecular weight excluding hydrogens is 216 g/mol. The minimum absolute atomic E-state index is 0.109. The first kappa shape index (κ1) is 13.0. The van der Waals surface area contributed by atoms with Crippen LogP contribution in [0.5, 0.6) is 0 Å². The maximum atomic E-state index is 10.8. The summed E-state index contributed by atoms with van der Waals surface area (Å²) in [5, 5.41) is 12.2. The third-order valence-corrected chi connectivity index (χ3v) is 2.47. The number of anilines is 1. The van der Waals surface area contributed by atoms with Crippen LogP contribution in [0.1, 0.15) is 19.4 Å². The Kier molecular flexibility index (Phi) is 4.04. The molecule has 0 saturated heterocycles. The van der Waals surface area contributed by atoms with Crippen molar-refractivity contribution in [1.82, 2.24) is 0 Å². The third-order valence-electron chi connectivity index (χ3n) is 2.47. The molecule has 0 heterocycles. The lowest BCUT2D eigenvalue weighted by Crippen LogP contribution is -1.96. The number of nitrogen functional groups attached to an aromatic ring is 1. The van der Waals surface area contributed by atoms with E-state index in [1.807, 2.05) is 19.9 Å². The summed E-state index contributed by atoms with van der Waals surface area (Å²) in [6.07, 6.45) is 0. The van der Waals surface area contributed by atoms with Crippen molar-refractivity contribution >= 4 is 22.1 Å². The molecule has 0 aliphatic heterocycles. The van der Waals surface area contributed by atoms with E-state index >= 15 is 0 Å². The van der Waals surface area contributed by atoms with Crippen LogP contribution in [0.3, 0.4) is 0 Å². The van der Waals surface area contributed by atoms with E-state index in [-0.39, 0.29) is 10.6 Å². The van der Waals surface area contributed by atoms with E-state index in [4.69, 9.17) is 5.73 Å². The summed E-state index contributed by atoms with van der Waals surface area (Å²) < 4.78 is 0. The number of non-ortho nitro benzene ring substituents is 1. The first-order valence-electron chi connectivity index (χ1n) is 5.53. The van der Waals surface area contributed by atoms with Gasteiger partial charge in [-0.05, 0) is 18.6 Å². The summed E-state index contributed by atoms with van der Waals surface area (Å²) in [5.74, 6) is 0. The maximum Gasteiger partial charge on any atom is 0.277 e. The minimum Gasteiger partial charge on any atom is -0.398 e. The van der Waals surface area contributed by atoms with E-state index in [9.17, 15) is 10.1 Å². The van der Waals surface area contributed by atoms with Crippen LogP contribution in [0.2, 0.25) is 0 Å². The molecule has 0 aliphatic rings. The maximum absolute atomic E-state index is 10.8. The van der Waals surface area contributed by atoms with Gasteiger partial charge in [0, 0.05) is 17.1 Å².